The fourth-order valence-corrected chi connectivity index (χ4v) is 5.30. The lowest BCUT2D eigenvalue weighted by atomic mass is 10.1. The molecule has 1 saturated heterocycles. The Morgan fingerprint density at radius 1 is 1.36 bits per heavy atom. The van der Waals surface area contributed by atoms with E-state index >= 15 is 0 Å². The molecule has 1 N–H and O–H groups in total. The van der Waals surface area contributed by atoms with Crippen molar-refractivity contribution < 1.29 is 4.79 Å². The highest BCUT2D eigenvalue weighted by atomic mass is 32.1. The summed E-state index contributed by atoms with van der Waals surface area (Å²) in [6, 6.07) is 2.14. The van der Waals surface area contributed by atoms with Crippen LogP contribution in [0.5, 0.6) is 0 Å². The molecular weight excluding hydrogens is 330 g/mol. The molecule has 4 nitrogen and oxygen atoms in total. The molecule has 5 heteroatoms. The van der Waals surface area contributed by atoms with Crippen molar-refractivity contribution >= 4 is 22.2 Å². The molecule has 1 amide bonds. The van der Waals surface area contributed by atoms with Gasteiger partial charge in [0.1, 0.15) is 0 Å². The van der Waals surface area contributed by atoms with Gasteiger partial charge in [-0.05, 0) is 62.6 Å². The van der Waals surface area contributed by atoms with Gasteiger partial charge in [0.25, 0.3) is 5.91 Å². The zero-order chi connectivity index (χ0) is 17.8. The Kier molecular flexibility index (Phi) is 6.39. The molecule has 140 valence electrons. The molecule has 0 spiro atoms. The van der Waals surface area contributed by atoms with Crippen LogP contribution < -0.4 is 10.2 Å². The average Bonchev–Trinajstić information content (AvgIpc) is 3.15. The zero-order valence-electron chi connectivity index (χ0n) is 16.0. The van der Waals surface area contributed by atoms with E-state index in [-0.39, 0.29) is 5.91 Å². The maximum absolute atomic E-state index is 12.6. The first kappa shape index (κ1) is 18.7. The number of likely N-dealkylation sites (tertiary alicyclic amines) is 1. The third kappa shape index (κ3) is 4.76. The number of nitrogens with one attached hydrogen (secondary N) is 1. The van der Waals surface area contributed by atoms with Crippen molar-refractivity contribution in [2.24, 2.45) is 11.8 Å². The number of nitrogens with zero attached hydrogens (tertiary/aromatic N) is 2. The highest BCUT2D eigenvalue weighted by molar-refractivity contribution is 7.18. The van der Waals surface area contributed by atoms with E-state index in [4.69, 9.17) is 0 Å². The molecule has 2 aliphatic heterocycles. The Morgan fingerprint density at radius 3 is 2.96 bits per heavy atom. The van der Waals surface area contributed by atoms with Gasteiger partial charge >= 0.3 is 0 Å². The van der Waals surface area contributed by atoms with E-state index in [1.54, 1.807) is 11.3 Å². The number of hydrogen-bond acceptors (Lipinski definition) is 4. The number of anilines is 1. The lowest BCUT2D eigenvalue weighted by Gasteiger charge is -2.20. The molecule has 1 aromatic rings. The van der Waals surface area contributed by atoms with Crippen molar-refractivity contribution in [2.75, 3.05) is 44.2 Å². The first-order valence-electron chi connectivity index (χ1n) is 9.95. The van der Waals surface area contributed by atoms with Crippen LogP contribution in [0.1, 0.15) is 55.3 Å². The minimum atomic E-state index is 0.122. The molecule has 1 atom stereocenters. The first-order valence-corrected chi connectivity index (χ1v) is 10.8. The minimum absolute atomic E-state index is 0.122. The predicted octanol–water partition coefficient (Wildman–Crippen LogP) is 3.62. The maximum atomic E-state index is 12.6. The molecule has 25 heavy (non-hydrogen) atoms. The molecule has 1 unspecified atom stereocenters. The summed E-state index contributed by atoms with van der Waals surface area (Å²) >= 11 is 1.68. The molecule has 1 aromatic heterocycles. The Balaban J connectivity index is 1.54. The lowest BCUT2D eigenvalue weighted by molar-refractivity contribution is 0.0951. The van der Waals surface area contributed by atoms with Gasteiger partial charge in [-0.3, -0.25) is 4.79 Å². The molecule has 1 fully saturated rings. The Morgan fingerprint density at radius 2 is 2.20 bits per heavy atom. The molecule has 0 aromatic carbocycles. The van der Waals surface area contributed by atoms with Gasteiger partial charge in [0.2, 0.25) is 0 Å². The van der Waals surface area contributed by atoms with Crippen LogP contribution in [0.3, 0.4) is 0 Å². The predicted molar refractivity (Wildman–Crippen MR) is 107 cm³/mol. The van der Waals surface area contributed by atoms with Gasteiger partial charge in [-0.2, -0.15) is 0 Å². The summed E-state index contributed by atoms with van der Waals surface area (Å²) in [7, 11) is 0. The summed E-state index contributed by atoms with van der Waals surface area (Å²) < 4.78 is 0. The maximum Gasteiger partial charge on any atom is 0.261 e. The van der Waals surface area contributed by atoms with E-state index in [9.17, 15) is 4.79 Å². The van der Waals surface area contributed by atoms with Gasteiger partial charge in [-0.25, -0.2) is 0 Å². The van der Waals surface area contributed by atoms with Gasteiger partial charge in [0.15, 0.2) is 0 Å². The Bertz CT molecular complexity index is 583. The molecule has 3 rings (SSSR count). The summed E-state index contributed by atoms with van der Waals surface area (Å²) in [4.78, 5) is 18.5. The summed E-state index contributed by atoms with van der Waals surface area (Å²) in [6.07, 6.45) is 4.81. The fourth-order valence-electron chi connectivity index (χ4n) is 4.09. The van der Waals surface area contributed by atoms with E-state index in [2.05, 4.69) is 42.0 Å². The van der Waals surface area contributed by atoms with Crippen molar-refractivity contribution in [3.05, 3.63) is 16.5 Å². The fraction of sp³-hybridized carbons (Fsp3) is 0.750. The third-order valence-electron chi connectivity index (χ3n) is 5.35. The van der Waals surface area contributed by atoms with Crippen LogP contribution in [0.15, 0.2) is 6.07 Å². The van der Waals surface area contributed by atoms with Crippen molar-refractivity contribution in [1.82, 2.24) is 10.2 Å². The van der Waals surface area contributed by atoms with Crippen LogP contribution in [0.2, 0.25) is 0 Å². The topological polar surface area (TPSA) is 35.6 Å². The van der Waals surface area contributed by atoms with E-state index in [0.717, 1.165) is 43.4 Å². The number of carbonyl (C=O) groups excluding carboxylic acids is 1. The molecule has 2 aliphatic rings. The second-order valence-corrected chi connectivity index (χ2v) is 9.03. The number of hydrogen-bond donors (Lipinski definition) is 1. The van der Waals surface area contributed by atoms with E-state index in [1.165, 1.54) is 42.9 Å². The van der Waals surface area contributed by atoms with E-state index in [0.29, 0.717) is 5.92 Å². The minimum Gasteiger partial charge on any atom is -0.363 e. The average molecular weight is 364 g/mol. The summed E-state index contributed by atoms with van der Waals surface area (Å²) in [5.74, 6) is 1.44. The number of fused-ring (bicyclic) bond motifs is 1. The smallest absolute Gasteiger partial charge is 0.261 e. The molecule has 0 aliphatic carbocycles. The van der Waals surface area contributed by atoms with Gasteiger partial charge < -0.3 is 15.1 Å². The van der Waals surface area contributed by atoms with E-state index < -0.39 is 0 Å². The third-order valence-corrected chi connectivity index (χ3v) is 6.59. The SMILES string of the molecule is CCN1CCCCc2cc(C(=O)NCC3CCN(CC(C)C)C3)sc21. The van der Waals surface area contributed by atoms with Crippen LogP contribution in [-0.4, -0.2) is 50.1 Å². The van der Waals surface area contributed by atoms with Crippen molar-refractivity contribution in [3.63, 3.8) is 0 Å². The number of carbonyl (C=O) groups is 1. The zero-order valence-corrected chi connectivity index (χ0v) is 16.8. The molecular formula is C20H33N3OS. The molecule has 0 bridgehead atoms. The van der Waals surface area contributed by atoms with Gasteiger partial charge in [-0.1, -0.05) is 13.8 Å². The largest absolute Gasteiger partial charge is 0.363 e. The quantitative estimate of drug-likeness (QED) is 0.838. The van der Waals surface area contributed by atoms with Crippen molar-refractivity contribution in [3.8, 4) is 0 Å². The normalized spacial score (nSPS) is 21.4. The molecule has 0 radical (unpaired) electrons. The number of aryl methyl sites for hydroxylation is 1. The molecule has 0 saturated carbocycles. The van der Waals surface area contributed by atoms with Gasteiger partial charge in [-0.15, -0.1) is 11.3 Å². The van der Waals surface area contributed by atoms with Crippen LogP contribution in [0.4, 0.5) is 5.00 Å². The van der Waals surface area contributed by atoms with Gasteiger partial charge in [0, 0.05) is 32.7 Å². The monoisotopic (exact) mass is 363 g/mol. The number of amides is 1. The second kappa shape index (κ2) is 8.54. The second-order valence-electron chi connectivity index (χ2n) is 8.00. The number of rotatable bonds is 6. The summed E-state index contributed by atoms with van der Waals surface area (Å²) in [6.45, 7) is 13.2. The van der Waals surface area contributed by atoms with E-state index in [1.807, 2.05) is 0 Å². The standard InChI is InChI=1S/C20H33N3OS/c1-4-23-9-6-5-7-17-11-18(25-20(17)23)19(24)21-12-16-8-10-22(14-16)13-15(2)3/h11,15-16H,4-10,12-14H2,1-3H3,(H,21,24). The summed E-state index contributed by atoms with van der Waals surface area (Å²) in [5, 5.41) is 4.53. The molecule has 3 heterocycles. The Hall–Kier alpha value is -1.07. The van der Waals surface area contributed by atoms with Gasteiger partial charge in [0.05, 0.1) is 9.88 Å². The van der Waals surface area contributed by atoms with Crippen LogP contribution >= 0.6 is 11.3 Å². The van der Waals surface area contributed by atoms with Crippen LogP contribution in [0.25, 0.3) is 0 Å². The summed E-state index contributed by atoms with van der Waals surface area (Å²) in [5.41, 5.74) is 1.37. The first-order chi connectivity index (χ1) is 12.1. The van der Waals surface area contributed by atoms with Crippen molar-refractivity contribution in [1.29, 1.82) is 0 Å². The lowest BCUT2D eigenvalue weighted by Crippen LogP contribution is -2.31. The highest BCUT2D eigenvalue weighted by Crippen LogP contribution is 2.35. The van der Waals surface area contributed by atoms with Crippen molar-refractivity contribution in [2.45, 2.75) is 46.5 Å². The van der Waals surface area contributed by atoms with Crippen LogP contribution in [-0.2, 0) is 6.42 Å². The Labute approximate surface area is 156 Å². The highest BCUT2D eigenvalue weighted by Gasteiger charge is 2.24. The number of thiophene rings is 1. The van der Waals surface area contributed by atoms with Crippen LogP contribution in [0, 0.1) is 11.8 Å².